The van der Waals surface area contributed by atoms with Crippen LogP contribution in [0.5, 0.6) is 5.75 Å². The molecule has 3 rings (SSSR count). The Morgan fingerprint density at radius 1 is 1.00 bits per heavy atom. The average molecular weight is 479 g/mol. The molecule has 0 radical (unpaired) electrons. The Balaban J connectivity index is 0.00000225. The van der Waals surface area contributed by atoms with E-state index in [1.165, 1.54) is 31.2 Å². The van der Waals surface area contributed by atoms with Gasteiger partial charge in [-0.25, -0.2) is 8.42 Å². The van der Waals surface area contributed by atoms with Crippen molar-refractivity contribution >= 4 is 81.1 Å². The fourth-order valence-corrected chi connectivity index (χ4v) is 3.12. The van der Waals surface area contributed by atoms with Gasteiger partial charge in [0, 0.05) is 5.39 Å². The van der Waals surface area contributed by atoms with E-state index >= 15 is 0 Å². The number of phenols is 1. The van der Waals surface area contributed by atoms with Crippen LogP contribution < -0.4 is 0 Å². The number of aryl methyl sites for hydroxylation is 1. The maximum Gasteiger partial charge on any atom is 2.00 e. The van der Waals surface area contributed by atoms with Crippen molar-refractivity contribution in [3.05, 3.63) is 60.2 Å². The summed E-state index contributed by atoms with van der Waals surface area (Å²) in [5.41, 5.74) is 1.00. The summed E-state index contributed by atoms with van der Waals surface area (Å²) in [6.45, 7) is 1.51. The van der Waals surface area contributed by atoms with Crippen LogP contribution in [0.15, 0.2) is 69.7 Å². The van der Waals surface area contributed by atoms with Gasteiger partial charge in [-0.05, 0) is 42.1 Å². The van der Waals surface area contributed by atoms with Crippen LogP contribution in [0.4, 0.5) is 11.4 Å². The van der Waals surface area contributed by atoms with E-state index in [0.717, 1.165) is 10.8 Å². The number of benzene rings is 3. The zero-order valence-corrected chi connectivity index (χ0v) is 18.6. The summed E-state index contributed by atoms with van der Waals surface area (Å²) in [7, 11) is -4.52. The summed E-state index contributed by atoms with van der Waals surface area (Å²) in [6, 6.07) is 14.8. The van der Waals surface area contributed by atoms with Gasteiger partial charge >= 0.3 is 48.9 Å². The minimum Gasteiger partial charge on any atom is -0.744 e. The number of hydrogen-bond acceptors (Lipinski definition) is 6. The van der Waals surface area contributed by atoms with Gasteiger partial charge in [-0.2, -0.15) is 5.11 Å². The van der Waals surface area contributed by atoms with Crippen molar-refractivity contribution in [1.82, 2.24) is 0 Å². The first kappa shape index (κ1) is 20.1. The SMILES string of the molecule is Cc1cc(N=Nc2c(O)ccc3ccccc23)ccc1S(=O)(=O)[O-].[Ba+2]. The molecule has 0 saturated carbocycles. The third kappa shape index (κ3) is 4.50. The van der Waals surface area contributed by atoms with E-state index in [0.29, 0.717) is 16.9 Å². The van der Waals surface area contributed by atoms with Crippen molar-refractivity contribution in [2.24, 2.45) is 10.2 Å². The Bertz CT molecular complexity index is 1070. The van der Waals surface area contributed by atoms with E-state index in [1.54, 1.807) is 6.07 Å². The van der Waals surface area contributed by atoms with Crippen LogP contribution in [0.25, 0.3) is 10.8 Å². The maximum absolute atomic E-state index is 11.1. The summed E-state index contributed by atoms with van der Waals surface area (Å²) in [6.07, 6.45) is 0. The molecule has 3 aromatic rings. The molecule has 1 N–H and O–H groups in total. The molecular weight excluding hydrogens is 466 g/mol. The van der Waals surface area contributed by atoms with Crippen molar-refractivity contribution in [2.75, 3.05) is 0 Å². The van der Waals surface area contributed by atoms with Gasteiger partial charge < -0.3 is 9.66 Å². The van der Waals surface area contributed by atoms with Crippen LogP contribution in [-0.4, -0.2) is 67.0 Å². The van der Waals surface area contributed by atoms with Crippen LogP contribution in [0.1, 0.15) is 5.56 Å². The molecule has 0 fully saturated rings. The maximum atomic E-state index is 11.1. The molecule has 3 aromatic carbocycles. The van der Waals surface area contributed by atoms with E-state index in [-0.39, 0.29) is 59.5 Å². The number of rotatable bonds is 3. The standard InChI is InChI=1S/C17H14N2O4S.Ba/c1-11-10-13(7-9-16(11)24(21,22)23)18-19-17-14-5-3-2-4-12(14)6-8-15(17)20;/h2-10,20H,1H3,(H,21,22,23);/q;+2/p-1. The van der Waals surface area contributed by atoms with Gasteiger partial charge in [-0.3, -0.25) is 0 Å². The molecule has 122 valence electrons. The molecular formula is C17H13BaN2O4S+. The molecule has 6 nitrogen and oxygen atoms in total. The first-order valence-electron chi connectivity index (χ1n) is 7.05. The van der Waals surface area contributed by atoms with Crippen molar-refractivity contribution in [3.8, 4) is 5.75 Å². The molecule has 0 heterocycles. The molecule has 8 heteroatoms. The monoisotopic (exact) mass is 479 g/mol. The van der Waals surface area contributed by atoms with Crippen LogP contribution in [0, 0.1) is 6.92 Å². The van der Waals surface area contributed by atoms with Gasteiger partial charge in [-0.15, -0.1) is 5.11 Å². The van der Waals surface area contributed by atoms with Gasteiger partial charge in [0.2, 0.25) is 0 Å². The van der Waals surface area contributed by atoms with E-state index < -0.39 is 10.1 Å². The van der Waals surface area contributed by atoms with E-state index in [4.69, 9.17) is 0 Å². The zero-order valence-electron chi connectivity index (χ0n) is 13.4. The molecule has 0 saturated heterocycles. The summed E-state index contributed by atoms with van der Waals surface area (Å²) >= 11 is 0. The van der Waals surface area contributed by atoms with Crippen LogP contribution in [0.2, 0.25) is 0 Å². The van der Waals surface area contributed by atoms with Gasteiger partial charge in [0.15, 0.2) is 0 Å². The number of hydrogen-bond donors (Lipinski definition) is 1. The number of fused-ring (bicyclic) bond motifs is 1. The Labute approximate surface area is 185 Å². The summed E-state index contributed by atoms with van der Waals surface area (Å²) in [5, 5.41) is 19.8. The number of azo groups is 1. The summed E-state index contributed by atoms with van der Waals surface area (Å²) < 4.78 is 33.3. The first-order valence-corrected chi connectivity index (χ1v) is 8.46. The number of nitrogens with zero attached hydrogens (tertiary/aromatic N) is 2. The molecule has 0 aliphatic heterocycles. The fraction of sp³-hybridized carbons (Fsp3) is 0.0588. The number of aromatic hydroxyl groups is 1. The molecule has 0 unspecified atom stereocenters. The Kier molecular flexibility index (Phi) is 6.44. The van der Waals surface area contributed by atoms with E-state index in [2.05, 4.69) is 10.2 Å². The van der Waals surface area contributed by atoms with Crippen molar-refractivity contribution in [1.29, 1.82) is 0 Å². The van der Waals surface area contributed by atoms with Crippen molar-refractivity contribution in [3.63, 3.8) is 0 Å². The molecule has 0 spiro atoms. The van der Waals surface area contributed by atoms with Crippen LogP contribution in [-0.2, 0) is 10.1 Å². The van der Waals surface area contributed by atoms with Gasteiger partial charge in [0.1, 0.15) is 21.6 Å². The largest absolute Gasteiger partial charge is 2.00 e. The van der Waals surface area contributed by atoms with Gasteiger partial charge in [0.25, 0.3) is 0 Å². The second-order valence-electron chi connectivity index (χ2n) is 5.26. The molecule has 0 aromatic heterocycles. The third-order valence-electron chi connectivity index (χ3n) is 3.57. The normalized spacial score (nSPS) is 11.6. The Hall–Kier alpha value is -1.20. The predicted molar refractivity (Wildman–Crippen MR) is 94.7 cm³/mol. The minimum atomic E-state index is -4.52. The van der Waals surface area contributed by atoms with Gasteiger partial charge in [-0.1, -0.05) is 30.3 Å². The van der Waals surface area contributed by atoms with Crippen molar-refractivity contribution < 1.29 is 18.1 Å². The molecule has 0 aliphatic rings. The smallest absolute Gasteiger partial charge is 0.744 e. The quantitative estimate of drug-likeness (QED) is 0.351. The second kappa shape index (κ2) is 8.00. The van der Waals surface area contributed by atoms with E-state index in [1.807, 2.05) is 24.3 Å². The predicted octanol–water partition coefficient (Wildman–Crippen LogP) is 3.79. The molecule has 0 atom stereocenters. The Morgan fingerprint density at radius 3 is 2.40 bits per heavy atom. The third-order valence-corrected chi connectivity index (χ3v) is 4.57. The molecule has 0 amide bonds. The molecule has 0 aliphatic carbocycles. The molecule has 25 heavy (non-hydrogen) atoms. The fourth-order valence-electron chi connectivity index (χ4n) is 2.43. The average Bonchev–Trinajstić information content (AvgIpc) is 2.53. The van der Waals surface area contributed by atoms with E-state index in [9.17, 15) is 18.1 Å². The summed E-state index contributed by atoms with van der Waals surface area (Å²) in [5.74, 6) is -0.00655. The van der Waals surface area contributed by atoms with Crippen LogP contribution >= 0.6 is 0 Å². The van der Waals surface area contributed by atoms with Crippen LogP contribution in [0.3, 0.4) is 0 Å². The number of phenolic OH excluding ortho intramolecular Hbond substituents is 1. The van der Waals surface area contributed by atoms with Gasteiger partial charge in [0.05, 0.1) is 10.6 Å². The summed E-state index contributed by atoms with van der Waals surface area (Å²) in [4.78, 5) is -0.283. The topological polar surface area (TPSA) is 102 Å². The van der Waals surface area contributed by atoms with Crippen molar-refractivity contribution in [2.45, 2.75) is 11.8 Å². The Morgan fingerprint density at radius 2 is 1.72 bits per heavy atom. The first-order chi connectivity index (χ1) is 11.4. The zero-order chi connectivity index (χ0) is 17.3. The molecule has 0 bridgehead atoms. The second-order valence-corrected chi connectivity index (χ2v) is 6.61. The minimum absolute atomic E-state index is 0.